The average molecular weight is 237 g/mol. The topological polar surface area (TPSA) is 53.7 Å². The zero-order valence-electron chi connectivity index (χ0n) is 10.3. The highest BCUT2D eigenvalue weighted by molar-refractivity contribution is 5.71. The van der Waals surface area contributed by atoms with Crippen molar-refractivity contribution in [3.8, 4) is 0 Å². The quantitative estimate of drug-likeness (QED) is 0.871. The fraction of sp³-hybridized carbons (Fsp3) is 0.615. The van der Waals surface area contributed by atoms with E-state index in [0.717, 1.165) is 30.9 Å². The minimum atomic E-state index is -0.686. The summed E-state index contributed by atoms with van der Waals surface area (Å²) in [6, 6.07) is 4.06. The number of carboxylic acid groups (broad SMARTS) is 1. The molecule has 1 aliphatic heterocycles. The zero-order chi connectivity index (χ0) is 12.4. The van der Waals surface area contributed by atoms with Crippen LogP contribution in [0.25, 0.3) is 0 Å². The molecule has 0 spiro atoms. The Morgan fingerprint density at radius 2 is 2.24 bits per heavy atom. The molecule has 94 valence electrons. The molecule has 2 rings (SSSR count). The monoisotopic (exact) mass is 237 g/mol. The molecule has 0 aliphatic carbocycles. The van der Waals surface area contributed by atoms with Crippen molar-refractivity contribution in [3.63, 3.8) is 0 Å². The predicted molar refractivity (Wildman–Crippen MR) is 63.7 cm³/mol. The van der Waals surface area contributed by atoms with Crippen LogP contribution >= 0.6 is 0 Å². The van der Waals surface area contributed by atoms with Gasteiger partial charge in [-0.05, 0) is 32.0 Å². The zero-order valence-corrected chi connectivity index (χ0v) is 10.3. The van der Waals surface area contributed by atoms with Crippen LogP contribution in [0.4, 0.5) is 0 Å². The molecule has 0 amide bonds. The maximum Gasteiger partial charge on any atom is 0.308 e. The van der Waals surface area contributed by atoms with Crippen LogP contribution in [0.1, 0.15) is 31.8 Å². The van der Waals surface area contributed by atoms with Gasteiger partial charge in [-0.3, -0.25) is 9.69 Å². The minimum absolute atomic E-state index is 0.0858. The summed E-state index contributed by atoms with van der Waals surface area (Å²) in [6.07, 6.45) is 1.63. The molecule has 4 nitrogen and oxygen atoms in total. The Labute approximate surface area is 101 Å². The highest BCUT2D eigenvalue weighted by atomic mass is 16.4. The Balaban J connectivity index is 1.98. The molecule has 2 heterocycles. The Bertz CT molecular complexity index is 399. The van der Waals surface area contributed by atoms with E-state index in [-0.39, 0.29) is 12.0 Å². The van der Waals surface area contributed by atoms with Gasteiger partial charge in [0.1, 0.15) is 11.5 Å². The van der Waals surface area contributed by atoms with Crippen LogP contribution in [-0.4, -0.2) is 28.6 Å². The van der Waals surface area contributed by atoms with Gasteiger partial charge >= 0.3 is 5.97 Å². The van der Waals surface area contributed by atoms with Gasteiger partial charge in [0.2, 0.25) is 0 Å². The molecule has 1 fully saturated rings. The second-order valence-corrected chi connectivity index (χ2v) is 4.67. The maximum absolute atomic E-state index is 11.0. The summed E-state index contributed by atoms with van der Waals surface area (Å²) in [5.74, 6) is 0.991. The largest absolute Gasteiger partial charge is 0.481 e. The molecule has 0 radical (unpaired) electrons. The Kier molecular flexibility index (Phi) is 3.52. The van der Waals surface area contributed by atoms with E-state index in [1.807, 2.05) is 19.1 Å². The van der Waals surface area contributed by atoms with E-state index >= 15 is 0 Å². The van der Waals surface area contributed by atoms with Crippen LogP contribution in [0.5, 0.6) is 0 Å². The maximum atomic E-state index is 11.0. The lowest BCUT2D eigenvalue weighted by molar-refractivity contribution is -0.142. The lowest BCUT2D eigenvalue weighted by Crippen LogP contribution is -2.32. The van der Waals surface area contributed by atoms with Crippen LogP contribution < -0.4 is 0 Å². The predicted octanol–water partition coefficient (Wildman–Crippen LogP) is 2.14. The van der Waals surface area contributed by atoms with Crippen molar-refractivity contribution in [2.24, 2.45) is 5.92 Å². The van der Waals surface area contributed by atoms with Crippen molar-refractivity contribution in [3.05, 3.63) is 23.7 Å². The number of likely N-dealkylation sites (tertiary alicyclic amines) is 1. The molecule has 1 saturated heterocycles. The first-order chi connectivity index (χ1) is 8.11. The van der Waals surface area contributed by atoms with Crippen LogP contribution in [0.15, 0.2) is 16.5 Å². The Morgan fingerprint density at radius 3 is 2.76 bits per heavy atom. The van der Waals surface area contributed by atoms with Gasteiger partial charge in [-0.15, -0.1) is 0 Å². The number of hydrogen-bond acceptors (Lipinski definition) is 3. The van der Waals surface area contributed by atoms with Gasteiger partial charge in [0.25, 0.3) is 0 Å². The standard InChI is InChI=1S/C13H19NO3/c1-3-10-4-5-11(17-10)8-14-7-6-12(9(14)2)13(15)16/h4-5,9,12H,3,6-8H2,1-2H3,(H,15,16). The van der Waals surface area contributed by atoms with E-state index in [0.29, 0.717) is 6.54 Å². The number of carboxylic acids is 1. The summed E-state index contributed by atoms with van der Waals surface area (Å²) in [6.45, 7) is 5.59. The fourth-order valence-corrected chi connectivity index (χ4v) is 2.45. The average Bonchev–Trinajstić information content (AvgIpc) is 2.87. The summed E-state index contributed by atoms with van der Waals surface area (Å²) in [7, 11) is 0. The molecular weight excluding hydrogens is 218 g/mol. The summed E-state index contributed by atoms with van der Waals surface area (Å²) < 4.78 is 5.65. The van der Waals surface area contributed by atoms with Crippen molar-refractivity contribution in [1.29, 1.82) is 0 Å². The van der Waals surface area contributed by atoms with Crippen molar-refractivity contribution < 1.29 is 14.3 Å². The normalized spacial score (nSPS) is 25.3. The lowest BCUT2D eigenvalue weighted by Gasteiger charge is -2.21. The number of nitrogens with zero attached hydrogens (tertiary/aromatic N) is 1. The molecule has 17 heavy (non-hydrogen) atoms. The number of rotatable bonds is 4. The fourth-order valence-electron chi connectivity index (χ4n) is 2.45. The van der Waals surface area contributed by atoms with Gasteiger partial charge < -0.3 is 9.52 Å². The van der Waals surface area contributed by atoms with Gasteiger partial charge in [-0.1, -0.05) is 6.92 Å². The third kappa shape index (κ3) is 2.52. The molecular formula is C13H19NO3. The summed E-state index contributed by atoms with van der Waals surface area (Å²) in [5, 5.41) is 9.06. The van der Waals surface area contributed by atoms with Crippen molar-refractivity contribution in [2.75, 3.05) is 6.54 Å². The van der Waals surface area contributed by atoms with Gasteiger partial charge in [0, 0.05) is 12.5 Å². The third-order valence-corrected chi connectivity index (χ3v) is 3.63. The molecule has 1 aromatic heterocycles. The molecule has 0 aromatic carbocycles. The van der Waals surface area contributed by atoms with E-state index in [4.69, 9.17) is 9.52 Å². The first-order valence-electron chi connectivity index (χ1n) is 6.16. The molecule has 0 saturated carbocycles. The van der Waals surface area contributed by atoms with Crippen LogP contribution in [-0.2, 0) is 17.8 Å². The van der Waals surface area contributed by atoms with E-state index in [2.05, 4.69) is 11.8 Å². The van der Waals surface area contributed by atoms with E-state index in [1.165, 1.54) is 0 Å². The Hall–Kier alpha value is -1.29. The molecule has 1 aromatic rings. The first kappa shape index (κ1) is 12.2. The van der Waals surface area contributed by atoms with Gasteiger partial charge in [0.15, 0.2) is 0 Å². The smallest absolute Gasteiger partial charge is 0.308 e. The highest BCUT2D eigenvalue weighted by Crippen LogP contribution is 2.26. The molecule has 2 atom stereocenters. The minimum Gasteiger partial charge on any atom is -0.481 e. The third-order valence-electron chi connectivity index (χ3n) is 3.63. The van der Waals surface area contributed by atoms with Crippen molar-refractivity contribution in [1.82, 2.24) is 4.90 Å². The Morgan fingerprint density at radius 1 is 1.53 bits per heavy atom. The van der Waals surface area contributed by atoms with Gasteiger partial charge in [-0.25, -0.2) is 0 Å². The number of aliphatic carboxylic acids is 1. The van der Waals surface area contributed by atoms with Crippen LogP contribution in [0.3, 0.4) is 0 Å². The summed E-state index contributed by atoms with van der Waals surface area (Å²) in [4.78, 5) is 13.2. The molecule has 0 bridgehead atoms. The van der Waals surface area contributed by atoms with E-state index < -0.39 is 5.97 Å². The first-order valence-corrected chi connectivity index (χ1v) is 6.16. The molecule has 4 heteroatoms. The van der Waals surface area contributed by atoms with Crippen molar-refractivity contribution >= 4 is 5.97 Å². The second kappa shape index (κ2) is 4.92. The summed E-state index contributed by atoms with van der Waals surface area (Å²) >= 11 is 0. The summed E-state index contributed by atoms with van der Waals surface area (Å²) in [5.41, 5.74) is 0. The number of aryl methyl sites for hydroxylation is 1. The second-order valence-electron chi connectivity index (χ2n) is 4.67. The molecule has 2 unspecified atom stereocenters. The van der Waals surface area contributed by atoms with Crippen molar-refractivity contribution in [2.45, 2.75) is 39.3 Å². The molecule has 1 N–H and O–H groups in total. The SMILES string of the molecule is CCc1ccc(CN2CCC(C(=O)O)C2C)o1. The van der Waals surface area contributed by atoms with Gasteiger partial charge in [-0.2, -0.15) is 0 Å². The van der Waals surface area contributed by atoms with Crippen LogP contribution in [0, 0.1) is 5.92 Å². The highest BCUT2D eigenvalue weighted by Gasteiger charge is 2.35. The van der Waals surface area contributed by atoms with E-state index in [1.54, 1.807) is 0 Å². The molecule has 1 aliphatic rings. The number of furan rings is 1. The van der Waals surface area contributed by atoms with Gasteiger partial charge in [0.05, 0.1) is 12.5 Å². The lowest BCUT2D eigenvalue weighted by atomic mass is 10.0. The van der Waals surface area contributed by atoms with E-state index in [9.17, 15) is 4.79 Å². The number of hydrogen-bond donors (Lipinski definition) is 1. The number of carbonyl (C=O) groups is 1. The van der Waals surface area contributed by atoms with Crippen LogP contribution in [0.2, 0.25) is 0 Å².